The van der Waals surface area contributed by atoms with Crippen molar-refractivity contribution < 1.29 is 4.79 Å². The number of anilines is 2. The summed E-state index contributed by atoms with van der Waals surface area (Å²) >= 11 is 0. The molecule has 0 bridgehead atoms. The molecule has 5 nitrogen and oxygen atoms in total. The molecule has 0 saturated carbocycles. The van der Waals surface area contributed by atoms with E-state index in [1.165, 1.54) is 0 Å². The van der Waals surface area contributed by atoms with Crippen LogP contribution in [0.15, 0.2) is 18.3 Å². The fraction of sp³-hybridized carbons (Fsp3) is 0.538. The van der Waals surface area contributed by atoms with Gasteiger partial charge in [-0.1, -0.05) is 6.92 Å². The van der Waals surface area contributed by atoms with E-state index in [9.17, 15) is 4.79 Å². The van der Waals surface area contributed by atoms with E-state index in [1.54, 1.807) is 6.20 Å². The van der Waals surface area contributed by atoms with Gasteiger partial charge in [-0.3, -0.25) is 4.79 Å². The molecule has 0 aromatic carbocycles. The van der Waals surface area contributed by atoms with E-state index in [0.29, 0.717) is 12.1 Å². The predicted octanol–water partition coefficient (Wildman–Crippen LogP) is 1.60. The molecular formula is C13H22N4O. The number of aromatic nitrogens is 1. The van der Waals surface area contributed by atoms with Gasteiger partial charge in [0.25, 0.3) is 0 Å². The van der Waals surface area contributed by atoms with Gasteiger partial charge >= 0.3 is 0 Å². The zero-order valence-electron chi connectivity index (χ0n) is 11.3. The van der Waals surface area contributed by atoms with Crippen molar-refractivity contribution in [3.63, 3.8) is 0 Å². The minimum absolute atomic E-state index is 0.171. The summed E-state index contributed by atoms with van der Waals surface area (Å²) in [7, 11) is 0. The summed E-state index contributed by atoms with van der Waals surface area (Å²) in [6.45, 7) is 7.88. The first-order valence-corrected chi connectivity index (χ1v) is 6.39. The van der Waals surface area contributed by atoms with Gasteiger partial charge in [0.15, 0.2) is 0 Å². The van der Waals surface area contributed by atoms with Crippen LogP contribution in [0, 0.1) is 0 Å². The molecule has 0 aliphatic carbocycles. The van der Waals surface area contributed by atoms with E-state index < -0.39 is 6.04 Å². The lowest BCUT2D eigenvalue weighted by Crippen LogP contribution is -2.34. The monoisotopic (exact) mass is 250 g/mol. The molecular weight excluding hydrogens is 228 g/mol. The van der Waals surface area contributed by atoms with Gasteiger partial charge in [-0.05, 0) is 32.4 Å². The average molecular weight is 250 g/mol. The number of nitrogens with zero attached hydrogens (tertiary/aromatic N) is 2. The second kappa shape index (κ2) is 6.96. The quantitative estimate of drug-likeness (QED) is 0.804. The van der Waals surface area contributed by atoms with Crippen molar-refractivity contribution in [2.75, 3.05) is 23.3 Å². The molecule has 100 valence electrons. The third-order valence-corrected chi connectivity index (χ3v) is 2.88. The largest absolute Gasteiger partial charge is 0.357 e. The van der Waals surface area contributed by atoms with E-state index in [0.717, 1.165) is 18.9 Å². The van der Waals surface area contributed by atoms with E-state index >= 15 is 0 Å². The number of hydrogen-bond acceptors (Lipinski definition) is 4. The summed E-state index contributed by atoms with van der Waals surface area (Å²) in [5, 5.41) is 2.75. The molecule has 0 fully saturated rings. The molecule has 3 N–H and O–H groups in total. The summed E-state index contributed by atoms with van der Waals surface area (Å²) < 4.78 is 0. The van der Waals surface area contributed by atoms with E-state index in [-0.39, 0.29) is 5.91 Å². The van der Waals surface area contributed by atoms with Crippen molar-refractivity contribution in [1.29, 1.82) is 0 Å². The minimum Gasteiger partial charge on any atom is -0.357 e. The first-order valence-electron chi connectivity index (χ1n) is 6.39. The standard InChI is InChI=1S/C13H22N4O/c1-4-11(14)13(18)16-10-7-8-12(15-9-10)17(5-2)6-3/h7-9,11H,4-6,14H2,1-3H3,(H,16,18). The highest BCUT2D eigenvalue weighted by molar-refractivity contribution is 5.94. The first kappa shape index (κ1) is 14.4. The Morgan fingerprint density at radius 1 is 1.39 bits per heavy atom. The Hall–Kier alpha value is -1.62. The molecule has 0 radical (unpaired) electrons. The summed E-state index contributed by atoms with van der Waals surface area (Å²) in [6.07, 6.45) is 2.28. The lowest BCUT2D eigenvalue weighted by atomic mass is 10.2. The molecule has 5 heteroatoms. The zero-order chi connectivity index (χ0) is 13.5. The van der Waals surface area contributed by atoms with E-state index in [1.807, 2.05) is 19.1 Å². The molecule has 0 aliphatic rings. The maximum Gasteiger partial charge on any atom is 0.241 e. The summed E-state index contributed by atoms with van der Waals surface area (Å²) in [5.74, 6) is 0.743. The molecule has 1 heterocycles. The minimum atomic E-state index is -0.465. The highest BCUT2D eigenvalue weighted by Crippen LogP contribution is 2.14. The average Bonchev–Trinajstić information content (AvgIpc) is 2.41. The van der Waals surface area contributed by atoms with Crippen LogP contribution in [0.4, 0.5) is 11.5 Å². The van der Waals surface area contributed by atoms with Crippen LogP contribution in [-0.4, -0.2) is 30.0 Å². The maximum absolute atomic E-state index is 11.6. The molecule has 0 aliphatic heterocycles. The van der Waals surface area contributed by atoms with Gasteiger partial charge in [-0.15, -0.1) is 0 Å². The topological polar surface area (TPSA) is 71.2 Å². The lowest BCUT2D eigenvalue weighted by molar-refractivity contribution is -0.117. The zero-order valence-corrected chi connectivity index (χ0v) is 11.3. The molecule has 1 unspecified atom stereocenters. The molecule has 1 rings (SSSR count). The highest BCUT2D eigenvalue weighted by Gasteiger charge is 2.11. The van der Waals surface area contributed by atoms with Gasteiger partial charge in [-0.25, -0.2) is 4.98 Å². The predicted molar refractivity (Wildman–Crippen MR) is 74.7 cm³/mol. The van der Waals surface area contributed by atoms with Crippen LogP contribution in [0.25, 0.3) is 0 Å². The number of pyridine rings is 1. The van der Waals surface area contributed by atoms with E-state index in [4.69, 9.17) is 5.73 Å². The van der Waals surface area contributed by atoms with Gasteiger partial charge in [0.1, 0.15) is 5.82 Å². The van der Waals surface area contributed by atoms with Crippen molar-refractivity contribution >= 4 is 17.4 Å². The molecule has 0 saturated heterocycles. The lowest BCUT2D eigenvalue weighted by Gasteiger charge is -2.19. The van der Waals surface area contributed by atoms with Crippen LogP contribution in [0.2, 0.25) is 0 Å². The smallest absolute Gasteiger partial charge is 0.241 e. The molecule has 1 atom stereocenters. The fourth-order valence-corrected chi connectivity index (χ4v) is 1.62. The van der Waals surface area contributed by atoms with Crippen LogP contribution in [-0.2, 0) is 4.79 Å². The van der Waals surface area contributed by atoms with Gasteiger partial charge in [0.2, 0.25) is 5.91 Å². The molecule has 1 amide bonds. The Kier molecular flexibility index (Phi) is 5.58. The third kappa shape index (κ3) is 3.70. The van der Waals surface area contributed by atoms with Gasteiger partial charge in [-0.2, -0.15) is 0 Å². The maximum atomic E-state index is 11.6. The second-order valence-corrected chi connectivity index (χ2v) is 4.08. The number of hydrogen-bond donors (Lipinski definition) is 2. The number of nitrogens with two attached hydrogens (primary N) is 1. The van der Waals surface area contributed by atoms with Gasteiger partial charge < -0.3 is 16.0 Å². The fourth-order valence-electron chi connectivity index (χ4n) is 1.62. The van der Waals surface area contributed by atoms with Gasteiger partial charge in [0, 0.05) is 13.1 Å². The summed E-state index contributed by atoms with van der Waals surface area (Å²) in [4.78, 5) is 18.1. The van der Waals surface area contributed by atoms with Crippen molar-refractivity contribution in [2.45, 2.75) is 33.2 Å². The van der Waals surface area contributed by atoms with Crippen LogP contribution in [0.3, 0.4) is 0 Å². The number of amides is 1. The van der Waals surface area contributed by atoms with Crippen molar-refractivity contribution in [2.24, 2.45) is 5.73 Å². The van der Waals surface area contributed by atoms with E-state index in [2.05, 4.69) is 29.0 Å². The van der Waals surface area contributed by atoms with Crippen LogP contribution in [0.1, 0.15) is 27.2 Å². The van der Waals surface area contributed by atoms with Crippen LogP contribution >= 0.6 is 0 Å². The number of carbonyl (C=O) groups excluding carboxylic acids is 1. The Bertz CT molecular complexity index is 373. The number of nitrogens with one attached hydrogen (secondary N) is 1. The number of rotatable bonds is 6. The Balaban J connectivity index is 2.68. The Morgan fingerprint density at radius 3 is 2.50 bits per heavy atom. The molecule has 1 aromatic rings. The SMILES string of the molecule is CCC(N)C(=O)Nc1ccc(N(CC)CC)nc1. The Labute approximate surface area is 108 Å². The third-order valence-electron chi connectivity index (χ3n) is 2.88. The van der Waals surface area contributed by atoms with Gasteiger partial charge in [0.05, 0.1) is 17.9 Å². The normalized spacial score (nSPS) is 12.0. The summed E-state index contributed by atoms with van der Waals surface area (Å²) in [5.41, 5.74) is 6.33. The highest BCUT2D eigenvalue weighted by atomic mass is 16.2. The Morgan fingerprint density at radius 2 is 2.06 bits per heavy atom. The van der Waals surface area contributed by atoms with Crippen LogP contribution in [0.5, 0.6) is 0 Å². The molecule has 0 spiro atoms. The van der Waals surface area contributed by atoms with Crippen molar-refractivity contribution in [3.05, 3.63) is 18.3 Å². The summed E-state index contributed by atoms with van der Waals surface area (Å²) in [6, 6.07) is 3.29. The van der Waals surface area contributed by atoms with Crippen LogP contribution < -0.4 is 16.0 Å². The van der Waals surface area contributed by atoms with Crippen molar-refractivity contribution in [1.82, 2.24) is 4.98 Å². The molecule has 18 heavy (non-hydrogen) atoms. The number of carbonyl (C=O) groups is 1. The second-order valence-electron chi connectivity index (χ2n) is 4.08. The van der Waals surface area contributed by atoms with Crippen molar-refractivity contribution in [3.8, 4) is 0 Å². The molecule has 1 aromatic heterocycles. The first-order chi connectivity index (χ1) is 8.62.